The third-order valence-electron chi connectivity index (χ3n) is 2.59. The van der Waals surface area contributed by atoms with Crippen LogP contribution in [0, 0.1) is 40.5 Å². The first kappa shape index (κ1) is 22.4. The molecule has 144 valence electrons. The largest absolute Gasteiger partial charge is 0.235 e. The van der Waals surface area contributed by atoms with Crippen LogP contribution in [0.3, 0.4) is 0 Å². The molecule has 0 radical (unpaired) electrons. The molecule has 0 N–H and O–H groups in total. The Morgan fingerprint density at radius 3 is 1.00 bits per heavy atom. The van der Waals surface area contributed by atoms with E-state index in [0.717, 1.165) is 0 Å². The fraction of sp³-hybridized carbons (Fsp3) is 1.00. The average molecular weight is 409 g/mol. The SMILES string of the molecule is O=[N+]([O-])N(CCCl)CN(CN(CN(CCCl)[N+](=O)[O-])[N+](=O)[O-])[N+](=O)[O-]. The molecule has 0 aromatic carbocycles. The van der Waals surface area contributed by atoms with Crippen molar-refractivity contribution in [2.24, 2.45) is 0 Å². The molecule has 0 aromatic heterocycles. The number of hydrogen-bond donors (Lipinski definition) is 0. The summed E-state index contributed by atoms with van der Waals surface area (Å²) in [6.07, 6.45) is 0. The molecule has 0 unspecified atom stereocenters. The van der Waals surface area contributed by atoms with Gasteiger partial charge in [0.2, 0.25) is 20.0 Å². The number of nitrogens with zero attached hydrogens (tertiary/aromatic N) is 8. The fourth-order valence-electron chi connectivity index (χ4n) is 1.46. The van der Waals surface area contributed by atoms with Crippen molar-refractivity contribution in [1.29, 1.82) is 0 Å². The van der Waals surface area contributed by atoms with Gasteiger partial charge < -0.3 is 0 Å². The van der Waals surface area contributed by atoms with Crippen LogP contribution in [0.5, 0.6) is 0 Å². The molecular weight excluding hydrogens is 395 g/mol. The van der Waals surface area contributed by atoms with E-state index in [1.807, 2.05) is 0 Å². The smallest absolute Gasteiger partial charge is 0.212 e. The highest BCUT2D eigenvalue weighted by molar-refractivity contribution is 6.18. The number of rotatable bonds is 14. The molecule has 0 fully saturated rings. The predicted octanol–water partition coefficient (Wildman–Crippen LogP) is -0.689. The molecule has 0 rings (SSSR count). The highest BCUT2D eigenvalue weighted by atomic mass is 35.5. The van der Waals surface area contributed by atoms with Crippen LogP contribution >= 0.6 is 23.2 Å². The van der Waals surface area contributed by atoms with E-state index in [1.165, 1.54) is 0 Å². The summed E-state index contributed by atoms with van der Waals surface area (Å²) in [7, 11) is 0. The number of nitro groups is 4. The van der Waals surface area contributed by atoms with Crippen LogP contribution in [0.1, 0.15) is 0 Å². The van der Waals surface area contributed by atoms with E-state index in [0.29, 0.717) is 10.0 Å². The van der Waals surface area contributed by atoms with Crippen molar-refractivity contribution in [3.63, 3.8) is 0 Å². The van der Waals surface area contributed by atoms with E-state index in [1.54, 1.807) is 0 Å². The van der Waals surface area contributed by atoms with E-state index in [-0.39, 0.29) is 34.9 Å². The third kappa shape index (κ3) is 8.15. The minimum absolute atomic E-state index is 0.150. The van der Waals surface area contributed by atoms with Gasteiger partial charge in [-0.1, -0.05) is 10.0 Å². The lowest BCUT2D eigenvalue weighted by molar-refractivity contribution is -0.749. The molecule has 0 aliphatic carbocycles. The Kier molecular flexibility index (Phi) is 9.87. The average Bonchev–Trinajstić information content (AvgIpc) is 2.50. The van der Waals surface area contributed by atoms with Gasteiger partial charge in [-0.15, -0.1) is 33.2 Å². The summed E-state index contributed by atoms with van der Waals surface area (Å²) < 4.78 is 0. The maximum atomic E-state index is 11.0. The molecule has 0 spiro atoms. The van der Waals surface area contributed by atoms with Gasteiger partial charge in [-0.3, -0.25) is 0 Å². The Bertz CT molecular complexity index is 455. The second kappa shape index (κ2) is 11.0. The second-order valence-electron chi connectivity index (χ2n) is 4.23. The molecule has 0 aliphatic rings. The molecule has 0 aromatic rings. The van der Waals surface area contributed by atoms with Crippen LogP contribution in [0.4, 0.5) is 0 Å². The Morgan fingerprint density at radius 1 is 0.560 bits per heavy atom. The third-order valence-corrected chi connectivity index (χ3v) is 2.93. The van der Waals surface area contributed by atoms with Gasteiger partial charge in [-0.25, -0.2) is 40.5 Å². The van der Waals surface area contributed by atoms with Gasteiger partial charge in [0, 0.05) is 11.8 Å². The van der Waals surface area contributed by atoms with Crippen molar-refractivity contribution >= 4 is 23.2 Å². The minimum Gasteiger partial charge on any atom is -0.235 e. The zero-order valence-electron chi connectivity index (χ0n) is 12.5. The van der Waals surface area contributed by atoms with Gasteiger partial charge in [0.05, 0.1) is 13.1 Å². The number of halogens is 2. The summed E-state index contributed by atoms with van der Waals surface area (Å²) in [5.41, 5.74) is 0. The van der Waals surface area contributed by atoms with E-state index in [4.69, 9.17) is 23.2 Å². The quantitative estimate of drug-likeness (QED) is 0.152. The lowest BCUT2D eigenvalue weighted by atomic mass is 10.6. The summed E-state index contributed by atoms with van der Waals surface area (Å²) in [4.78, 5) is 43.6. The topological polar surface area (TPSA) is 186 Å². The summed E-state index contributed by atoms with van der Waals surface area (Å²) in [6.45, 7) is -3.62. The molecule has 18 heteroatoms. The Hall–Kier alpha value is -2.62. The van der Waals surface area contributed by atoms with Crippen LogP contribution in [-0.4, -0.2) is 85.0 Å². The maximum absolute atomic E-state index is 11.0. The zero-order valence-corrected chi connectivity index (χ0v) is 14.1. The maximum Gasteiger partial charge on any atom is 0.212 e. The monoisotopic (exact) mass is 408 g/mol. The van der Waals surface area contributed by atoms with Gasteiger partial charge in [0.1, 0.15) is 0 Å². The fourth-order valence-corrected chi connectivity index (χ4v) is 1.85. The first-order valence-electron chi connectivity index (χ1n) is 6.32. The van der Waals surface area contributed by atoms with Crippen LogP contribution in [-0.2, 0) is 0 Å². The van der Waals surface area contributed by atoms with Crippen LogP contribution in [0.2, 0.25) is 0 Å². The van der Waals surface area contributed by atoms with Gasteiger partial charge in [-0.2, -0.15) is 0 Å². The Labute approximate surface area is 149 Å². The number of alkyl halides is 2. The van der Waals surface area contributed by atoms with Crippen molar-refractivity contribution < 1.29 is 20.1 Å². The lowest BCUT2D eigenvalue weighted by Gasteiger charge is -2.23. The summed E-state index contributed by atoms with van der Waals surface area (Å²) in [5, 5.41) is 40.5. The first-order valence-corrected chi connectivity index (χ1v) is 7.39. The van der Waals surface area contributed by atoms with Gasteiger partial charge >= 0.3 is 0 Å². The Balaban J connectivity index is 5.19. The van der Waals surface area contributed by atoms with Crippen molar-refractivity contribution in [3.05, 3.63) is 40.5 Å². The molecule has 25 heavy (non-hydrogen) atoms. The molecule has 0 atom stereocenters. The summed E-state index contributed by atoms with van der Waals surface area (Å²) >= 11 is 10.7. The van der Waals surface area contributed by atoms with Crippen LogP contribution in [0.15, 0.2) is 0 Å². The van der Waals surface area contributed by atoms with Crippen molar-refractivity contribution in [2.45, 2.75) is 0 Å². The van der Waals surface area contributed by atoms with Crippen LogP contribution < -0.4 is 0 Å². The predicted molar refractivity (Wildman–Crippen MR) is 81.1 cm³/mol. The molecule has 0 saturated carbocycles. The molecule has 0 saturated heterocycles. The number of hydrogen-bond acceptors (Lipinski definition) is 8. The first-order chi connectivity index (χ1) is 11.6. The minimum atomic E-state index is -1.10. The van der Waals surface area contributed by atoms with Crippen LogP contribution in [0.25, 0.3) is 0 Å². The van der Waals surface area contributed by atoms with Crippen molar-refractivity contribution in [3.8, 4) is 0 Å². The molecule has 16 nitrogen and oxygen atoms in total. The van der Waals surface area contributed by atoms with E-state index in [2.05, 4.69) is 0 Å². The molecule has 0 heterocycles. The van der Waals surface area contributed by atoms with E-state index >= 15 is 0 Å². The Morgan fingerprint density at radius 2 is 0.800 bits per heavy atom. The van der Waals surface area contributed by atoms with Gasteiger partial charge in [0.15, 0.2) is 20.1 Å². The zero-order chi connectivity index (χ0) is 19.6. The standard InChI is InChI=1S/C7H14Cl2N8O8/c8-1-3-10(14(18)19)5-12(16(22)23)7-13(17(24)25)6-11(4-2-9)15(20)21/h1-7H2. The highest BCUT2D eigenvalue weighted by Crippen LogP contribution is 2.03. The van der Waals surface area contributed by atoms with Crippen molar-refractivity contribution in [1.82, 2.24) is 20.0 Å². The molecule has 0 amide bonds. The van der Waals surface area contributed by atoms with E-state index in [9.17, 15) is 40.5 Å². The van der Waals surface area contributed by atoms with E-state index < -0.39 is 40.1 Å². The summed E-state index contributed by atoms with van der Waals surface area (Å²) in [5.74, 6) is -0.424. The van der Waals surface area contributed by atoms with Gasteiger partial charge in [-0.05, 0) is 0 Å². The second-order valence-corrected chi connectivity index (χ2v) is 4.98. The lowest BCUT2D eigenvalue weighted by Crippen LogP contribution is -2.53. The normalized spacial score (nSPS) is 10.0. The highest BCUT2D eigenvalue weighted by Gasteiger charge is 2.33. The van der Waals surface area contributed by atoms with Gasteiger partial charge in [0.25, 0.3) is 0 Å². The summed E-state index contributed by atoms with van der Waals surface area (Å²) in [6, 6.07) is 0. The number of hydrazine groups is 4. The molecular formula is C7H14Cl2N8O8. The van der Waals surface area contributed by atoms with Crippen molar-refractivity contribution in [2.75, 3.05) is 44.9 Å². The molecule has 0 aliphatic heterocycles. The molecule has 0 bridgehead atoms.